The summed E-state index contributed by atoms with van der Waals surface area (Å²) in [5, 5.41) is 32.7. The Morgan fingerprint density at radius 3 is 2.49 bits per heavy atom. The summed E-state index contributed by atoms with van der Waals surface area (Å²) in [6.45, 7) is 0.667. The number of esters is 2. The highest BCUT2D eigenvalue weighted by molar-refractivity contribution is 5.90. The number of carbonyl (C=O) groups excluding carboxylic acids is 2. The first kappa shape index (κ1) is 56.6. The summed E-state index contributed by atoms with van der Waals surface area (Å²) in [5.41, 5.74) is 9.49. The van der Waals surface area contributed by atoms with Crippen LogP contribution in [0.3, 0.4) is 0 Å². The number of allylic oxidation sites excluding steroid dienone is 4. The minimum Gasteiger partial charge on any atom is -0.482 e. The van der Waals surface area contributed by atoms with Crippen molar-refractivity contribution < 1.29 is 48.3 Å². The Kier molecular flexibility index (Phi) is 15.3. The van der Waals surface area contributed by atoms with E-state index in [1.165, 1.54) is 60.6 Å². The number of carbonyl (C=O) groups is 2. The highest BCUT2D eigenvalue weighted by atomic mass is 16.6. The number of methoxy groups -OCH3 is 1. The molecule has 9 aliphatic rings. The molecular formula is C75H78O11. The number of aryl methyl sites for hydroxylation is 2. The molecule has 3 aliphatic heterocycles. The zero-order valence-electron chi connectivity index (χ0n) is 49.3. The van der Waals surface area contributed by atoms with Crippen LogP contribution in [0, 0.1) is 29.6 Å². The normalized spacial score (nSPS) is 30.8. The second-order valence-electron chi connectivity index (χ2n) is 26.1. The van der Waals surface area contributed by atoms with Crippen molar-refractivity contribution in [3.8, 4) is 5.75 Å². The lowest BCUT2D eigenvalue weighted by Crippen LogP contribution is -2.61. The number of rotatable bonds is 9. The highest BCUT2D eigenvalue weighted by Gasteiger charge is 2.64. The van der Waals surface area contributed by atoms with Crippen LogP contribution in [-0.2, 0) is 48.7 Å². The Morgan fingerprint density at radius 1 is 0.802 bits per heavy atom. The van der Waals surface area contributed by atoms with Gasteiger partial charge in [0.1, 0.15) is 11.3 Å². The summed E-state index contributed by atoms with van der Waals surface area (Å²) in [7, 11) is 1.52. The van der Waals surface area contributed by atoms with Crippen molar-refractivity contribution in [2.24, 2.45) is 29.6 Å². The molecule has 444 valence electrons. The van der Waals surface area contributed by atoms with Crippen LogP contribution in [0.25, 0.3) is 17.0 Å². The molecule has 0 unspecified atom stereocenters. The number of aliphatic hydroxyl groups is 3. The van der Waals surface area contributed by atoms with Crippen LogP contribution in [0.2, 0.25) is 0 Å². The van der Waals surface area contributed by atoms with Gasteiger partial charge in [-0.15, -0.1) is 0 Å². The summed E-state index contributed by atoms with van der Waals surface area (Å²) in [6.07, 6.45) is 20.6. The zero-order valence-corrected chi connectivity index (χ0v) is 49.3. The zero-order chi connectivity index (χ0) is 58.8. The number of hydrogen-bond donors (Lipinski definition) is 3. The molecule has 6 aromatic rings. The van der Waals surface area contributed by atoms with Gasteiger partial charge in [0.25, 0.3) is 0 Å². The maximum absolute atomic E-state index is 15.9. The van der Waals surface area contributed by atoms with Gasteiger partial charge in [-0.3, -0.25) is 4.79 Å². The average Bonchev–Trinajstić information content (AvgIpc) is 1.32. The summed E-state index contributed by atoms with van der Waals surface area (Å²) in [5.74, 6) is -1.36. The molecule has 13 atom stereocenters. The van der Waals surface area contributed by atoms with Gasteiger partial charge in [0.05, 0.1) is 25.4 Å². The van der Waals surface area contributed by atoms with E-state index in [4.69, 9.17) is 23.4 Å². The fourth-order valence-corrected chi connectivity index (χ4v) is 17.9. The van der Waals surface area contributed by atoms with E-state index in [2.05, 4.69) is 134 Å². The second kappa shape index (κ2) is 23.2. The highest BCUT2D eigenvalue weighted by Crippen LogP contribution is 2.63. The third-order valence-corrected chi connectivity index (χ3v) is 21.9. The molecule has 11 nitrogen and oxygen atoms in total. The minimum absolute atomic E-state index is 0.0000185. The van der Waals surface area contributed by atoms with Gasteiger partial charge < -0.3 is 38.7 Å². The van der Waals surface area contributed by atoms with Crippen molar-refractivity contribution in [3.63, 3.8) is 0 Å². The van der Waals surface area contributed by atoms with Crippen molar-refractivity contribution in [1.82, 2.24) is 0 Å². The molecule has 3 N–H and O–H groups in total. The van der Waals surface area contributed by atoms with Crippen LogP contribution in [0.15, 0.2) is 160 Å². The molecular weight excluding hydrogens is 1080 g/mol. The van der Waals surface area contributed by atoms with E-state index in [-0.39, 0.29) is 103 Å². The van der Waals surface area contributed by atoms with Crippen molar-refractivity contribution in [2.45, 2.75) is 144 Å². The van der Waals surface area contributed by atoms with E-state index in [0.717, 1.165) is 29.5 Å². The average molecular weight is 1160 g/mol. The maximum atomic E-state index is 15.9. The molecule has 0 amide bonds. The molecule has 6 aliphatic carbocycles. The first-order valence-electron chi connectivity index (χ1n) is 31.7. The number of benzene rings is 5. The summed E-state index contributed by atoms with van der Waals surface area (Å²) >= 11 is 0. The van der Waals surface area contributed by atoms with Gasteiger partial charge in [-0.1, -0.05) is 146 Å². The molecule has 11 heteroatoms. The number of ether oxygens (including phenoxy) is 4. The van der Waals surface area contributed by atoms with Crippen LogP contribution < -0.4 is 10.4 Å². The number of hydrogen-bond acceptors (Lipinski definition) is 11. The van der Waals surface area contributed by atoms with Crippen molar-refractivity contribution >= 4 is 29.0 Å². The van der Waals surface area contributed by atoms with E-state index in [1.807, 2.05) is 0 Å². The van der Waals surface area contributed by atoms with Crippen LogP contribution in [0.4, 0.5) is 0 Å². The van der Waals surface area contributed by atoms with Gasteiger partial charge in [0, 0.05) is 72.2 Å². The van der Waals surface area contributed by atoms with Crippen LogP contribution in [-0.4, -0.2) is 65.9 Å². The monoisotopic (exact) mass is 1150 g/mol. The summed E-state index contributed by atoms with van der Waals surface area (Å²) in [6, 6.07) is 39.0. The molecule has 0 radical (unpaired) electrons. The molecule has 2 bridgehead atoms. The maximum Gasteiger partial charge on any atom is 0.340 e. The molecule has 1 spiro atoms. The Morgan fingerprint density at radius 2 is 1.65 bits per heavy atom. The van der Waals surface area contributed by atoms with Crippen molar-refractivity contribution in [1.29, 1.82) is 0 Å². The molecule has 5 aromatic carbocycles. The van der Waals surface area contributed by atoms with Crippen LogP contribution >= 0.6 is 0 Å². The smallest absolute Gasteiger partial charge is 0.340 e. The molecule has 86 heavy (non-hydrogen) atoms. The first-order valence-corrected chi connectivity index (χ1v) is 31.7. The van der Waals surface area contributed by atoms with E-state index < -0.39 is 47.9 Å². The summed E-state index contributed by atoms with van der Waals surface area (Å²) in [4.78, 5) is 46.2. The fourth-order valence-electron chi connectivity index (χ4n) is 17.9. The molecule has 1 aromatic heterocycles. The Balaban J connectivity index is 0.916. The fraction of sp³-hybridized carbons (Fsp3) is 0.427. The van der Waals surface area contributed by atoms with Gasteiger partial charge in [-0.05, 0) is 162 Å². The van der Waals surface area contributed by atoms with E-state index >= 15 is 9.59 Å². The Labute approximate surface area is 503 Å². The van der Waals surface area contributed by atoms with Crippen LogP contribution in [0.1, 0.15) is 169 Å². The van der Waals surface area contributed by atoms with Gasteiger partial charge in [-0.2, -0.15) is 0 Å². The third-order valence-electron chi connectivity index (χ3n) is 21.9. The van der Waals surface area contributed by atoms with Crippen molar-refractivity contribution in [2.75, 3.05) is 26.9 Å². The second-order valence-corrected chi connectivity index (χ2v) is 26.1. The first-order chi connectivity index (χ1) is 42.0. The van der Waals surface area contributed by atoms with Gasteiger partial charge in [0.15, 0.2) is 17.8 Å². The largest absolute Gasteiger partial charge is 0.482 e. The van der Waals surface area contributed by atoms with Crippen molar-refractivity contribution in [3.05, 3.63) is 222 Å². The molecule has 0 saturated heterocycles. The molecule has 4 heterocycles. The topological polar surface area (TPSA) is 162 Å². The lowest BCUT2D eigenvalue weighted by Gasteiger charge is -2.52. The molecule has 15 rings (SSSR count). The van der Waals surface area contributed by atoms with E-state index in [9.17, 15) is 20.1 Å². The number of fused-ring (bicyclic) bond motifs is 20. The van der Waals surface area contributed by atoms with E-state index in [0.29, 0.717) is 59.4 Å². The third kappa shape index (κ3) is 9.49. The lowest BCUT2D eigenvalue weighted by atomic mass is 9.54. The standard InChI is InChI=1S/C75H78O11/c1-44(41-77)55-28-21-45-19-22-47(23-20-45)56-29-26-50(49-13-9-15-54(38-49)74-34-8-7-14-53(74)27-24-48-12-4-6-18-63(48)74)37-52(56)39-66(79)83-70-68-65(32-31-60-62(42-78)67(73(81)84-69(60)68)51(33-36-76)43-82-2)86-75(71(70)85-72(55)80)35-10-17-59-58-30-25-46-11-3-5-16-57(46)61(58)40-64(59)75/h3-6,9-13,15-20,22-23,25-26,29-32,38,50-53,56,58-59,61,64,70-71,76-78H,7-8,14,21,24,27-28,33-37,39-43H2,1-2H3/b55-44-/t50-,51+,52-,53+,56-,58+,59-,61-,64-,70+,71-,74-,75-/m0/s1. The number of aliphatic hydroxyl groups excluding tert-OH is 3. The predicted octanol–water partition coefficient (Wildman–Crippen LogP) is 13.3. The Hall–Kier alpha value is -7.15. The minimum atomic E-state index is -1.38. The van der Waals surface area contributed by atoms with Gasteiger partial charge >= 0.3 is 17.6 Å². The predicted molar refractivity (Wildman–Crippen MR) is 330 cm³/mol. The molecule has 2 saturated carbocycles. The lowest BCUT2D eigenvalue weighted by molar-refractivity contribution is -0.205. The van der Waals surface area contributed by atoms with Crippen LogP contribution in [0.5, 0.6) is 5.75 Å². The quantitative estimate of drug-likeness (QED) is 0.0547. The Bertz CT molecular complexity index is 3780. The van der Waals surface area contributed by atoms with Gasteiger partial charge in [-0.25, -0.2) is 9.59 Å². The van der Waals surface area contributed by atoms with Gasteiger partial charge in [0.2, 0.25) is 0 Å². The van der Waals surface area contributed by atoms with E-state index in [1.54, 1.807) is 19.1 Å². The summed E-state index contributed by atoms with van der Waals surface area (Å²) < 4.78 is 34.0. The SMILES string of the molecule is COC[C@@H](CCO)c1c(CO)c2ccc3c(c2oc1=O)[C@H]1OC(=O)C[C@@H]2C[C@@H](c4cccc([C@]56CCCC[C@@H]5CCc5ccccc56)c4)C=C[C@H]2c2ccc(cc2)CC/C(=C(\C)CO)C(=O)O[C@@H]1[C@@]1(CC=C[C@H]2[C@H]4C=Cc5ccccc5[C@@H]4C[C@@H]21)O3. The molecule has 2 fully saturated rings.